The topological polar surface area (TPSA) is 125 Å². The van der Waals surface area contributed by atoms with Crippen LogP contribution in [-0.2, 0) is 9.59 Å². The quantitative estimate of drug-likeness (QED) is 0.415. The smallest absolute Gasteiger partial charge is 0.269 e. The number of benzene rings is 3. The van der Waals surface area contributed by atoms with Crippen LogP contribution in [0.3, 0.4) is 0 Å². The first-order valence-corrected chi connectivity index (χ1v) is 11.0. The Morgan fingerprint density at radius 1 is 1.18 bits per heavy atom. The fraction of sp³-hybridized carbons (Fsp3) is 0.125. The van der Waals surface area contributed by atoms with Gasteiger partial charge in [-0.15, -0.1) is 0 Å². The highest BCUT2D eigenvalue weighted by Gasteiger charge is 2.30. The second kappa shape index (κ2) is 9.54. The number of carbonyl (C=O) groups is 2. The molecule has 0 bridgehead atoms. The van der Waals surface area contributed by atoms with Crippen LogP contribution >= 0.6 is 11.8 Å². The molecular formula is C24H18N4O4S. The number of amides is 2. The summed E-state index contributed by atoms with van der Waals surface area (Å²) < 4.78 is 0. The first-order chi connectivity index (χ1) is 16.0. The van der Waals surface area contributed by atoms with Crippen LogP contribution in [0.1, 0.15) is 17.9 Å². The van der Waals surface area contributed by atoms with E-state index < -0.39 is 10.8 Å². The van der Waals surface area contributed by atoms with Crippen molar-refractivity contribution in [3.63, 3.8) is 0 Å². The van der Waals surface area contributed by atoms with Gasteiger partial charge in [-0.3, -0.25) is 19.7 Å². The number of nitro benzene ring substituents is 1. The summed E-state index contributed by atoms with van der Waals surface area (Å²) in [5.74, 6) is -1.24. The lowest BCUT2D eigenvalue weighted by molar-refractivity contribution is -0.384. The van der Waals surface area contributed by atoms with E-state index >= 15 is 0 Å². The standard InChI is InChI=1S/C24H18N4O4S/c25-13-20-19(16-7-3-8-17(11-16)28(31)32)12-22(29)27-24(20)33-14-23(30)26-21-10-4-6-15-5-1-2-9-18(15)21/h1-11,19H,12,14H2,(H,26,30)(H,27,29)/t19-/m0/s1. The summed E-state index contributed by atoms with van der Waals surface area (Å²) in [4.78, 5) is 35.5. The van der Waals surface area contributed by atoms with Crippen molar-refractivity contribution in [1.82, 2.24) is 5.32 Å². The van der Waals surface area contributed by atoms with Crippen LogP contribution in [-0.4, -0.2) is 22.5 Å². The van der Waals surface area contributed by atoms with Gasteiger partial charge in [-0.25, -0.2) is 0 Å². The molecule has 164 valence electrons. The zero-order valence-corrected chi connectivity index (χ0v) is 18.1. The van der Waals surface area contributed by atoms with Gasteiger partial charge in [0.15, 0.2) is 0 Å². The van der Waals surface area contributed by atoms with Crippen molar-refractivity contribution >= 4 is 45.7 Å². The van der Waals surface area contributed by atoms with E-state index in [4.69, 9.17) is 0 Å². The summed E-state index contributed by atoms with van der Waals surface area (Å²) in [7, 11) is 0. The number of anilines is 1. The minimum Gasteiger partial charge on any atom is -0.325 e. The lowest BCUT2D eigenvalue weighted by Gasteiger charge is -2.25. The number of carbonyl (C=O) groups excluding carboxylic acids is 2. The number of nitrogens with zero attached hydrogens (tertiary/aromatic N) is 2. The number of nitrogens with one attached hydrogen (secondary N) is 2. The predicted molar refractivity (Wildman–Crippen MR) is 126 cm³/mol. The Morgan fingerprint density at radius 3 is 2.73 bits per heavy atom. The van der Waals surface area contributed by atoms with Crippen LogP contribution in [0.4, 0.5) is 11.4 Å². The zero-order valence-electron chi connectivity index (χ0n) is 17.3. The molecule has 0 fully saturated rings. The van der Waals surface area contributed by atoms with Crippen LogP contribution in [0.2, 0.25) is 0 Å². The molecule has 0 spiro atoms. The molecule has 1 atom stereocenters. The van der Waals surface area contributed by atoms with Crippen LogP contribution in [0.15, 0.2) is 77.3 Å². The van der Waals surface area contributed by atoms with Crippen LogP contribution < -0.4 is 10.6 Å². The molecule has 2 amide bonds. The van der Waals surface area contributed by atoms with Gasteiger partial charge >= 0.3 is 0 Å². The SMILES string of the molecule is N#CC1=C(SCC(=O)Nc2cccc3ccccc23)NC(=O)C[C@H]1c1cccc([N+](=O)[O-])c1. The Kier molecular flexibility index (Phi) is 6.38. The lowest BCUT2D eigenvalue weighted by Crippen LogP contribution is -2.31. The highest BCUT2D eigenvalue weighted by atomic mass is 32.2. The van der Waals surface area contributed by atoms with E-state index in [1.807, 2.05) is 42.5 Å². The molecule has 0 unspecified atom stereocenters. The van der Waals surface area contributed by atoms with E-state index in [-0.39, 0.29) is 35.2 Å². The number of thioether (sulfide) groups is 1. The number of fused-ring (bicyclic) bond motifs is 1. The molecule has 3 aromatic carbocycles. The molecule has 0 saturated carbocycles. The van der Waals surface area contributed by atoms with Crippen molar-refractivity contribution in [3.05, 3.63) is 93.0 Å². The number of rotatable bonds is 6. The van der Waals surface area contributed by atoms with Gasteiger partial charge in [0.25, 0.3) is 5.69 Å². The third-order valence-electron chi connectivity index (χ3n) is 5.25. The molecule has 4 rings (SSSR count). The third-order valence-corrected chi connectivity index (χ3v) is 6.27. The molecule has 2 N–H and O–H groups in total. The molecule has 1 aliphatic rings. The van der Waals surface area contributed by atoms with Crippen molar-refractivity contribution in [3.8, 4) is 6.07 Å². The second-order valence-electron chi connectivity index (χ2n) is 7.38. The minimum absolute atomic E-state index is 0.00365. The van der Waals surface area contributed by atoms with E-state index in [2.05, 4.69) is 16.7 Å². The van der Waals surface area contributed by atoms with Gasteiger partial charge in [-0.05, 0) is 17.0 Å². The van der Waals surface area contributed by atoms with Crippen molar-refractivity contribution in [2.24, 2.45) is 0 Å². The number of hydrogen-bond donors (Lipinski definition) is 2. The molecule has 1 aliphatic heterocycles. The van der Waals surface area contributed by atoms with Gasteiger partial charge in [0.2, 0.25) is 11.8 Å². The van der Waals surface area contributed by atoms with Gasteiger partial charge in [0.05, 0.1) is 27.3 Å². The van der Waals surface area contributed by atoms with Crippen LogP contribution in [0.25, 0.3) is 10.8 Å². The summed E-state index contributed by atoms with van der Waals surface area (Å²) in [6, 6.07) is 21.3. The van der Waals surface area contributed by atoms with E-state index in [0.29, 0.717) is 16.3 Å². The number of nitro groups is 1. The molecular weight excluding hydrogens is 440 g/mol. The lowest BCUT2D eigenvalue weighted by atomic mass is 9.87. The molecule has 8 nitrogen and oxygen atoms in total. The minimum atomic E-state index is -0.618. The van der Waals surface area contributed by atoms with Gasteiger partial charge < -0.3 is 10.6 Å². The number of nitriles is 1. The largest absolute Gasteiger partial charge is 0.325 e. The highest BCUT2D eigenvalue weighted by molar-refractivity contribution is 8.03. The molecule has 0 saturated heterocycles. The molecule has 33 heavy (non-hydrogen) atoms. The summed E-state index contributed by atoms with van der Waals surface area (Å²) >= 11 is 1.05. The molecule has 3 aromatic rings. The Labute approximate surface area is 193 Å². The normalized spacial score (nSPS) is 15.6. The zero-order chi connectivity index (χ0) is 23.4. The first kappa shape index (κ1) is 22.0. The van der Waals surface area contributed by atoms with Gasteiger partial charge in [0, 0.05) is 35.5 Å². The van der Waals surface area contributed by atoms with E-state index in [0.717, 1.165) is 22.5 Å². The number of non-ortho nitro benzene ring substituents is 1. The second-order valence-corrected chi connectivity index (χ2v) is 8.36. The van der Waals surface area contributed by atoms with E-state index in [1.54, 1.807) is 6.07 Å². The molecule has 0 radical (unpaired) electrons. The van der Waals surface area contributed by atoms with Gasteiger partial charge in [-0.1, -0.05) is 60.3 Å². The fourth-order valence-electron chi connectivity index (χ4n) is 3.73. The summed E-state index contributed by atoms with van der Waals surface area (Å²) in [5.41, 5.74) is 1.35. The van der Waals surface area contributed by atoms with E-state index in [1.165, 1.54) is 18.2 Å². The fourth-order valence-corrected chi connectivity index (χ4v) is 4.61. The number of hydrogen-bond acceptors (Lipinski definition) is 6. The third kappa shape index (κ3) is 4.86. The summed E-state index contributed by atoms with van der Waals surface area (Å²) in [5, 5.41) is 28.6. The molecule has 0 aliphatic carbocycles. The van der Waals surface area contributed by atoms with Crippen molar-refractivity contribution in [2.75, 3.05) is 11.1 Å². The maximum absolute atomic E-state index is 12.6. The summed E-state index contributed by atoms with van der Waals surface area (Å²) in [6.45, 7) is 0. The molecule has 0 aromatic heterocycles. The number of allylic oxidation sites excluding steroid dienone is 1. The average molecular weight is 458 g/mol. The maximum Gasteiger partial charge on any atom is 0.269 e. The molecule has 1 heterocycles. The van der Waals surface area contributed by atoms with E-state index in [9.17, 15) is 25.0 Å². The van der Waals surface area contributed by atoms with Gasteiger partial charge in [0.1, 0.15) is 0 Å². The van der Waals surface area contributed by atoms with Crippen molar-refractivity contribution in [1.29, 1.82) is 5.26 Å². The highest BCUT2D eigenvalue weighted by Crippen LogP contribution is 2.37. The van der Waals surface area contributed by atoms with Crippen molar-refractivity contribution in [2.45, 2.75) is 12.3 Å². The van der Waals surface area contributed by atoms with Crippen molar-refractivity contribution < 1.29 is 14.5 Å². The Bertz CT molecular complexity index is 1340. The van der Waals surface area contributed by atoms with Crippen LogP contribution in [0, 0.1) is 21.4 Å². The predicted octanol–water partition coefficient (Wildman–Crippen LogP) is 4.46. The van der Waals surface area contributed by atoms with Gasteiger partial charge in [-0.2, -0.15) is 5.26 Å². The Hall–Kier alpha value is -4.16. The van der Waals surface area contributed by atoms with Crippen LogP contribution in [0.5, 0.6) is 0 Å². The Morgan fingerprint density at radius 2 is 1.94 bits per heavy atom. The monoisotopic (exact) mass is 458 g/mol. The first-order valence-electron chi connectivity index (χ1n) is 10.0. The average Bonchev–Trinajstić information content (AvgIpc) is 2.82. The summed E-state index contributed by atoms with van der Waals surface area (Å²) in [6.07, 6.45) is -0.00365. The molecule has 9 heteroatoms. The Balaban J connectivity index is 1.54. The maximum atomic E-state index is 12.6.